The number of nitrogens with zero attached hydrogens (tertiary/aromatic N) is 2. The molecule has 1 atom stereocenters. The van der Waals surface area contributed by atoms with E-state index in [0.29, 0.717) is 43.3 Å². The average molecular weight is 442 g/mol. The fourth-order valence-corrected chi connectivity index (χ4v) is 4.30. The van der Waals surface area contributed by atoms with Crippen LogP contribution in [-0.4, -0.2) is 61.0 Å². The van der Waals surface area contributed by atoms with E-state index in [-0.39, 0.29) is 17.9 Å². The molecule has 2 saturated heterocycles. The van der Waals surface area contributed by atoms with Crippen molar-refractivity contribution in [2.45, 2.75) is 25.4 Å². The van der Waals surface area contributed by atoms with Crippen LogP contribution in [0.15, 0.2) is 48.5 Å². The largest absolute Gasteiger partial charge is 0.379 e. The number of likely N-dealkylation sites (tertiary alicyclic amines) is 1. The molecule has 0 spiro atoms. The number of nitrogens with one attached hydrogen (secondary N) is 1. The van der Waals surface area contributed by atoms with Gasteiger partial charge in [0.2, 0.25) is 5.91 Å². The van der Waals surface area contributed by atoms with Crippen LogP contribution in [0, 0.1) is 0 Å². The van der Waals surface area contributed by atoms with Gasteiger partial charge in [-0.2, -0.15) is 0 Å². The molecule has 2 aliphatic heterocycles. The van der Waals surface area contributed by atoms with E-state index in [1.807, 2.05) is 53.4 Å². The summed E-state index contributed by atoms with van der Waals surface area (Å²) in [6, 6.07) is 15.4. The normalized spacial score (nSPS) is 18.2. The molecule has 2 amide bonds. The van der Waals surface area contributed by atoms with Crippen molar-refractivity contribution in [2.75, 3.05) is 39.4 Å². The number of benzene rings is 2. The van der Waals surface area contributed by atoms with Crippen LogP contribution in [-0.2, 0) is 16.1 Å². The van der Waals surface area contributed by atoms with Crippen LogP contribution < -0.4 is 5.32 Å². The van der Waals surface area contributed by atoms with Crippen molar-refractivity contribution < 1.29 is 14.3 Å². The number of amides is 2. The number of ether oxygens (including phenoxy) is 1. The summed E-state index contributed by atoms with van der Waals surface area (Å²) in [5.41, 5.74) is 2.78. The Kier molecular flexibility index (Phi) is 7.22. The Morgan fingerprint density at radius 3 is 2.39 bits per heavy atom. The number of carbonyl (C=O) groups excluding carboxylic acids is 2. The van der Waals surface area contributed by atoms with E-state index in [0.717, 1.165) is 37.2 Å². The summed E-state index contributed by atoms with van der Waals surface area (Å²) in [5, 5.41) is 3.79. The fourth-order valence-electron chi connectivity index (χ4n) is 4.18. The molecular weight excluding hydrogens is 414 g/mol. The summed E-state index contributed by atoms with van der Waals surface area (Å²) in [4.78, 5) is 28.8. The van der Waals surface area contributed by atoms with Crippen molar-refractivity contribution in [1.82, 2.24) is 15.1 Å². The lowest BCUT2D eigenvalue weighted by Gasteiger charge is -2.35. The van der Waals surface area contributed by atoms with Crippen LogP contribution in [0.25, 0.3) is 0 Å². The Hall–Kier alpha value is -2.41. The molecular formula is C24H28ClN3O3. The number of morpholine rings is 1. The molecule has 6 nitrogen and oxygen atoms in total. The molecule has 7 heteroatoms. The maximum Gasteiger partial charge on any atom is 0.251 e. The highest BCUT2D eigenvalue weighted by atomic mass is 35.5. The van der Waals surface area contributed by atoms with Crippen LogP contribution >= 0.6 is 11.6 Å². The third-order valence-corrected chi connectivity index (χ3v) is 6.21. The number of hydrogen-bond donors (Lipinski definition) is 1. The van der Waals surface area contributed by atoms with Gasteiger partial charge < -0.3 is 15.0 Å². The first-order valence-electron chi connectivity index (χ1n) is 10.8. The molecule has 31 heavy (non-hydrogen) atoms. The van der Waals surface area contributed by atoms with Crippen molar-refractivity contribution >= 4 is 23.4 Å². The van der Waals surface area contributed by atoms with Gasteiger partial charge in [-0.1, -0.05) is 35.9 Å². The molecule has 164 valence electrons. The molecule has 4 rings (SSSR count). The van der Waals surface area contributed by atoms with E-state index in [1.54, 1.807) is 0 Å². The molecule has 0 saturated carbocycles. The third-order valence-electron chi connectivity index (χ3n) is 5.96. The van der Waals surface area contributed by atoms with Crippen molar-refractivity contribution in [3.8, 4) is 0 Å². The Labute approximate surface area is 188 Å². The van der Waals surface area contributed by atoms with Gasteiger partial charge in [-0.25, -0.2) is 0 Å². The lowest BCUT2D eigenvalue weighted by atomic mass is 10.0. The van der Waals surface area contributed by atoms with E-state index in [2.05, 4.69) is 10.2 Å². The Morgan fingerprint density at radius 1 is 1.03 bits per heavy atom. The minimum absolute atomic E-state index is 0.0607. The smallest absolute Gasteiger partial charge is 0.251 e. The number of carbonyl (C=O) groups is 2. The molecule has 2 fully saturated rings. The summed E-state index contributed by atoms with van der Waals surface area (Å²) >= 11 is 6.06. The fraction of sp³-hybridized carbons (Fsp3) is 0.417. The molecule has 1 N–H and O–H groups in total. The predicted molar refractivity (Wildman–Crippen MR) is 120 cm³/mol. The Balaban J connectivity index is 1.38. The zero-order valence-electron chi connectivity index (χ0n) is 17.6. The van der Waals surface area contributed by atoms with E-state index in [4.69, 9.17) is 16.3 Å². The van der Waals surface area contributed by atoms with Crippen LogP contribution in [0.4, 0.5) is 0 Å². The Bertz CT molecular complexity index is 895. The zero-order chi connectivity index (χ0) is 21.6. The molecule has 0 bridgehead atoms. The van der Waals surface area contributed by atoms with Crippen molar-refractivity contribution in [2.24, 2.45) is 0 Å². The van der Waals surface area contributed by atoms with Gasteiger partial charge in [0.25, 0.3) is 5.91 Å². The zero-order valence-corrected chi connectivity index (χ0v) is 18.3. The van der Waals surface area contributed by atoms with Crippen molar-refractivity contribution in [3.63, 3.8) is 0 Å². The van der Waals surface area contributed by atoms with Crippen LogP contribution in [0.3, 0.4) is 0 Å². The van der Waals surface area contributed by atoms with Crippen molar-refractivity contribution in [3.05, 3.63) is 70.2 Å². The summed E-state index contributed by atoms with van der Waals surface area (Å²) in [7, 11) is 0. The molecule has 1 unspecified atom stereocenters. The molecule has 2 aromatic carbocycles. The van der Waals surface area contributed by atoms with Gasteiger partial charge in [-0.15, -0.1) is 0 Å². The molecule has 0 radical (unpaired) electrons. The van der Waals surface area contributed by atoms with Crippen LogP contribution in [0.2, 0.25) is 5.02 Å². The molecule has 0 aromatic heterocycles. The number of halogens is 1. The number of hydrogen-bond acceptors (Lipinski definition) is 4. The first-order chi connectivity index (χ1) is 15.1. The standard InChI is InChI=1S/C24H28ClN3O3/c25-21-9-7-19(8-10-21)22(27-12-14-31-15-13-27)16-26-24(30)20-5-3-18(4-6-20)17-28-11-1-2-23(28)29/h3-10,22H,1-2,11-17H2,(H,26,30). The summed E-state index contributed by atoms with van der Waals surface area (Å²) < 4.78 is 5.49. The van der Waals surface area contributed by atoms with Gasteiger partial charge in [0.05, 0.1) is 19.3 Å². The Morgan fingerprint density at radius 2 is 1.74 bits per heavy atom. The quantitative estimate of drug-likeness (QED) is 0.716. The van der Waals surface area contributed by atoms with E-state index < -0.39 is 0 Å². The van der Waals surface area contributed by atoms with Gasteiger partial charge >= 0.3 is 0 Å². The van der Waals surface area contributed by atoms with Crippen LogP contribution in [0.5, 0.6) is 0 Å². The van der Waals surface area contributed by atoms with Gasteiger partial charge in [0.1, 0.15) is 0 Å². The highest BCUT2D eigenvalue weighted by Crippen LogP contribution is 2.23. The van der Waals surface area contributed by atoms with E-state index >= 15 is 0 Å². The first kappa shape index (κ1) is 21.8. The summed E-state index contributed by atoms with van der Waals surface area (Å²) in [6.07, 6.45) is 1.57. The minimum atomic E-state index is -0.101. The second-order valence-corrected chi connectivity index (χ2v) is 8.48. The lowest BCUT2D eigenvalue weighted by molar-refractivity contribution is -0.128. The molecule has 2 aliphatic rings. The van der Waals surface area contributed by atoms with Gasteiger partial charge in [0.15, 0.2) is 0 Å². The van der Waals surface area contributed by atoms with E-state index in [1.165, 1.54) is 0 Å². The highest BCUT2D eigenvalue weighted by molar-refractivity contribution is 6.30. The summed E-state index contributed by atoms with van der Waals surface area (Å²) in [5.74, 6) is 0.106. The maximum atomic E-state index is 12.8. The number of rotatable bonds is 7. The molecule has 2 aromatic rings. The first-order valence-corrected chi connectivity index (χ1v) is 11.2. The second-order valence-electron chi connectivity index (χ2n) is 8.04. The predicted octanol–water partition coefficient (Wildman–Crippen LogP) is 3.27. The third kappa shape index (κ3) is 5.64. The summed E-state index contributed by atoms with van der Waals surface area (Å²) in [6.45, 7) is 4.97. The SMILES string of the molecule is O=C(NCC(c1ccc(Cl)cc1)N1CCOCC1)c1ccc(CN2CCCC2=O)cc1. The van der Waals surface area contributed by atoms with Gasteiger partial charge in [-0.05, 0) is 41.8 Å². The second kappa shape index (κ2) is 10.3. The van der Waals surface area contributed by atoms with Gasteiger partial charge in [0, 0.05) is 49.7 Å². The van der Waals surface area contributed by atoms with Crippen molar-refractivity contribution in [1.29, 1.82) is 0 Å². The molecule has 0 aliphatic carbocycles. The maximum absolute atomic E-state index is 12.8. The van der Waals surface area contributed by atoms with Crippen LogP contribution in [0.1, 0.15) is 40.4 Å². The monoisotopic (exact) mass is 441 g/mol. The van der Waals surface area contributed by atoms with E-state index in [9.17, 15) is 9.59 Å². The molecule has 2 heterocycles. The lowest BCUT2D eigenvalue weighted by Crippen LogP contribution is -2.43. The topological polar surface area (TPSA) is 61.9 Å². The highest BCUT2D eigenvalue weighted by Gasteiger charge is 2.24. The minimum Gasteiger partial charge on any atom is -0.379 e. The van der Waals surface area contributed by atoms with Gasteiger partial charge in [-0.3, -0.25) is 14.5 Å². The average Bonchev–Trinajstić information content (AvgIpc) is 3.20.